The van der Waals surface area contributed by atoms with Crippen molar-refractivity contribution in [3.05, 3.63) is 0 Å². The summed E-state index contributed by atoms with van der Waals surface area (Å²) in [6.45, 7) is 5.69. The Morgan fingerprint density at radius 3 is 2.52 bits per heavy atom. The maximum Gasteiger partial charge on any atom is 0.139 e. The number of hydrogen-bond acceptors (Lipinski definition) is 4. The van der Waals surface area contributed by atoms with Gasteiger partial charge in [0, 0.05) is 35.5 Å². The number of ketones is 3. The van der Waals surface area contributed by atoms with E-state index in [1.807, 2.05) is 6.92 Å². The van der Waals surface area contributed by atoms with Crippen LogP contribution in [0, 0.1) is 40.4 Å². The Balaban J connectivity index is 1.78. The Labute approximate surface area is 149 Å². The Morgan fingerprint density at radius 1 is 1.12 bits per heavy atom. The van der Waals surface area contributed by atoms with Gasteiger partial charge < -0.3 is 5.11 Å². The van der Waals surface area contributed by atoms with E-state index in [1.54, 1.807) is 6.92 Å². The van der Waals surface area contributed by atoms with E-state index in [4.69, 9.17) is 0 Å². The first kappa shape index (κ1) is 17.4. The number of Topliss-reactive ketones (excluding diaryl/α,β-unsaturated/α-hetero) is 3. The molecule has 0 aromatic carbocycles. The molecule has 4 aliphatic carbocycles. The van der Waals surface area contributed by atoms with E-state index < -0.39 is 16.9 Å². The molecule has 4 rings (SSSR count). The molecule has 0 heterocycles. The quantitative estimate of drug-likeness (QED) is 0.792. The zero-order valence-electron chi connectivity index (χ0n) is 15.6. The Morgan fingerprint density at radius 2 is 1.84 bits per heavy atom. The molecular formula is C21H30O4. The van der Waals surface area contributed by atoms with Crippen LogP contribution >= 0.6 is 0 Å². The molecule has 138 valence electrons. The van der Waals surface area contributed by atoms with E-state index in [9.17, 15) is 19.5 Å². The van der Waals surface area contributed by atoms with Crippen LogP contribution in [0.3, 0.4) is 0 Å². The Kier molecular flexibility index (Phi) is 3.81. The molecule has 0 amide bonds. The maximum absolute atomic E-state index is 13.1. The third-order valence-corrected chi connectivity index (χ3v) is 8.86. The van der Waals surface area contributed by atoms with Crippen molar-refractivity contribution < 1.29 is 19.5 Å². The normalized spacial score (nSPS) is 52.3. The van der Waals surface area contributed by atoms with E-state index in [-0.39, 0.29) is 41.2 Å². The van der Waals surface area contributed by atoms with Crippen LogP contribution < -0.4 is 0 Å². The lowest BCUT2D eigenvalue weighted by molar-refractivity contribution is -0.180. The molecule has 4 fully saturated rings. The third-order valence-electron chi connectivity index (χ3n) is 8.86. The Bertz CT molecular complexity index is 640. The highest BCUT2D eigenvalue weighted by atomic mass is 16.3. The van der Waals surface area contributed by atoms with Crippen molar-refractivity contribution in [3.63, 3.8) is 0 Å². The molecule has 8 atom stereocenters. The number of carbonyl (C=O) groups is 3. The van der Waals surface area contributed by atoms with Gasteiger partial charge in [-0.25, -0.2) is 0 Å². The van der Waals surface area contributed by atoms with Gasteiger partial charge in [-0.15, -0.1) is 0 Å². The molecule has 0 aliphatic heterocycles. The van der Waals surface area contributed by atoms with Gasteiger partial charge >= 0.3 is 0 Å². The van der Waals surface area contributed by atoms with Gasteiger partial charge in [0.15, 0.2) is 0 Å². The number of aliphatic hydroxyl groups excluding tert-OH is 1. The van der Waals surface area contributed by atoms with Gasteiger partial charge in [-0.05, 0) is 56.8 Å². The minimum absolute atomic E-state index is 0.0372. The summed E-state index contributed by atoms with van der Waals surface area (Å²) < 4.78 is 0. The van der Waals surface area contributed by atoms with Crippen LogP contribution in [-0.2, 0) is 14.4 Å². The van der Waals surface area contributed by atoms with Gasteiger partial charge in [-0.2, -0.15) is 0 Å². The van der Waals surface area contributed by atoms with Crippen LogP contribution in [0.1, 0.15) is 65.7 Å². The van der Waals surface area contributed by atoms with Crippen LogP contribution in [-0.4, -0.2) is 28.6 Å². The largest absolute Gasteiger partial charge is 0.393 e. The highest BCUT2D eigenvalue weighted by molar-refractivity contribution is 5.92. The molecule has 1 N–H and O–H groups in total. The van der Waals surface area contributed by atoms with Gasteiger partial charge in [-0.3, -0.25) is 14.4 Å². The average Bonchev–Trinajstić information content (AvgIpc) is 2.90. The second-order valence-corrected chi connectivity index (χ2v) is 9.56. The number of aliphatic hydroxyl groups is 1. The van der Waals surface area contributed by atoms with Crippen LogP contribution in [0.2, 0.25) is 0 Å². The molecule has 0 aromatic rings. The number of carbonyl (C=O) groups excluding carboxylic acids is 3. The summed E-state index contributed by atoms with van der Waals surface area (Å²) in [5.41, 5.74) is -0.975. The van der Waals surface area contributed by atoms with E-state index in [2.05, 4.69) is 6.92 Å². The molecule has 4 heteroatoms. The minimum atomic E-state index is -0.603. The zero-order valence-corrected chi connectivity index (χ0v) is 15.6. The molecule has 0 saturated heterocycles. The zero-order chi connectivity index (χ0) is 18.1. The highest BCUT2D eigenvalue weighted by Gasteiger charge is 2.67. The van der Waals surface area contributed by atoms with Crippen molar-refractivity contribution in [2.24, 2.45) is 40.4 Å². The lowest BCUT2D eigenvalue weighted by atomic mass is 9.43. The fraction of sp³-hybridized carbons (Fsp3) is 0.857. The van der Waals surface area contributed by atoms with Crippen molar-refractivity contribution >= 4 is 17.3 Å². The summed E-state index contributed by atoms with van der Waals surface area (Å²) in [5.74, 6) is 0.528. The van der Waals surface area contributed by atoms with Gasteiger partial charge in [0.2, 0.25) is 0 Å². The van der Waals surface area contributed by atoms with Crippen molar-refractivity contribution in [1.82, 2.24) is 0 Å². The Hall–Kier alpha value is -1.03. The second kappa shape index (κ2) is 5.48. The predicted molar refractivity (Wildman–Crippen MR) is 92.7 cm³/mol. The topological polar surface area (TPSA) is 71.4 Å². The van der Waals surface area contributed by atoms with Gasteiger partial charge in [0.05, 0.1) is 6.10 Å². The van der Waals surface area contributed by atoms with Crippen molar-refractivity contribution in [2.75, 3.05) is 0 Å². The summed E-state index contributed by atoms with van der Waals surface area (Å²) >= 11 is 0. The molecule has 0 unspecified atom stereocenters. The summed E-state index contributed by atoms with van der Waals surface area (Å²) in [6, 6.07) is 0. The molecule has 0 aromatic heterocycles. The van der Waals surface area contributed by atoms with Crippen molar-refractivity contribution in [3.8, 4) is 0 Å². The minimum Gasteiger partial charge on any atom is -0.393 e. The smallest absolute Gasteiger partial charge is 0.139 e. The van der Waals surface area contributed by atoms with Gasteiger partial charge in [0.1, 0.15) is 17.3 Å². The standard InChI is InChI=1S/C21H30O4/c1-11(22)13-7-8-14-19-15(10-18(25)21(13,14)3)20(2)12(9-16(19)23)5-4-6-17(20)24/h12-15,18-19,25H,4-10H2,1-3H3/t12-,13-,14+,15+,18+,19+,20+,21-/m1/s1. The molecule has 4 aliphatic rings. The van der Waals surface area contributed by atoms with Crippen LogP contribution in [0.25, 0.3) is 0 Å². The fourth-order valence-electron chi connectivity index (χ4n) is 7.41. The molecule has 0 bridgehead atoms. The summed E-state index contributed by atoms with van der Waals surface area (Å²) in [4.78, 5) is 38.2. The number of rotatable bonds is 1. The first-order chi connectivity index (χ1) is 11.7. The van der Waals surface area contributed by atoms with Crippen LogP contribution in [0.15, 0.2) is 0 Å². The van der Waals surface area contributed by atoms with Crippen LogP contribution in [0.5, 0.6) is 0 Å². The average molecular weight is 346 g/mol. The number of fused-ring (bicyclic) bond motifs is 5. The van der Waals surface area contributed by atoms with E-state index in [0.29, 0.717) is 25.0 Å². The molecule has 4 nitrogen and oxygen atoms in total. The second-order valence-electron chi connectivity index (χ2n) is 9.56. The highest BCUT2D eigenvalue weighted by Crippen LogP contribution is 2.66. The van der Waals surface area contributed by atoms with E-state index in [0.717, 1.165) is 25.7 Å². The van der Waals surface area contributed by atoms with Gasteiger partial charge in [-0.1, -0.05) is 13.8 Å². The van der Waals surface area contributed by atoms with Crippen molar-refractivity contribution in [1.29, 1.82) is 0 Å². The maximum atomic E-state index is 13.1. The third kappa shape index (κ3) is 2.06. The molecule has 0 spiro atoms. The summed E-state index contributed by atoms with van der Waals surface area (Å²) in [5, 5.41) is 11.1. The van der Waals surface area contributed by atoms with Crippen LogP contribution in [0.4, 0.5) is 0 Å². The molecule has 0 radical (unpaired) electrons. The summed E-state index contributed by atoms with van der Waals surface area (Å²) in [6.07, 6.45) is 4.43. The fourth-order valence-corrected chi connectivity index (χ4v) is 7.41. The number of hydrogen-bond donors (Lipinski definition) is 1. The lowest BCUT2D eigenvalue weighted by Crippen LogP contribution is -2.62. The predicted octanol–water partition coefficient (Wildman–Crippen LogP) is 2.95. The summed E-state index contributed by atoms with van der Waals surface area (Å²) in [7, 11) is 0. The van der Waals surface area contributed by atoms with E-state index in [1.165, 1.54) is 0 Å². The lowest BCUT2D eigenvalue weighted by Gasteiger charge is -2.59. The monoisotopic (exact) mass is 346 g/mol. The first-order valence-electron chi connectivity index (χ1n) is 9.96. The van der Waals surface area contributed by atoms with Crippen molar-refractivity contribution in [2.45, 2.75) is 71.8 Å². The molecular weight excluding hydrogens is 316 g/mol. The first-order valence-corrected chi connectivity index (χ1v) is 9.96. The van der Waals surface area contributed by atoms with Gasteiger partial charge in [0.25, 0.3) is 0 Å². The van der Waals surface area contributed by atoms with E-state index >= 15 is 0 Å². The SMILES string of the molecule is CC(=O)[C@H]1CC[C@H]2[C@@H]3C(=O)C[C@H]4CCCC(=O)[C@]4(C)[C@H]3C[C@H](O)[C@]12C. The molecule has 4 saturated carbocycles. The molecule has 25 heavy (non-hydrogen) atoms.